The molecule has 0 aliphatic heterocycles. The number of nitrogens with two attached hydrogens (primary N) is 1. The predicted molar refractivity (Wildman–Crippen MR) is 68.8 cm³/mol. The van der Waals surface area contributed by atoms with E-state index in [9.17, 15) is 4.79 Å². The minimum Gasteiger partial charge on any atom is -0.352 e. The van der Waals surface area contributed by atoms with Crippen molar-refractivity contribution < 1.29 is 4.79 Å². The van der Waals surface area contributed by atoms with Gasteiger partial charge in [0.15, 0.2) is 0 Å². The number of halogens is 1. The van der Waals surface area contributed by atoms with Crippen LogP contribution in [0.25, 0.3) is 0 Å². The lowest BCUT2D eigenvalue weighted by atomic mass is 9.90. The zero-order valence-corrected chi connectivity index (χ0v) is 11.2. The van der Waals surface area contributed by atoms with E-state index in [-0.39, 0.29) is 18.3 Å². The Morgan fingerprint density at radius 3 is 2.56 bits per heavy atom. The van der Waals surface area contributed by atoms with Crippen LogP contribution >= 0.6 is 12.4 Å². The standard InChI is InChI=1S/C11H23N3O.ClH/c1-8(12)11(15)13-9-5-4-6-10(7-9)14(2)3;/h8-10H,4-7,12H2,1-3H3,(H,13,15);1H. The molecule has 0 aromatic heterocycles. The molecule has 1 rings (SSSR count). The summed E-state index contributed by atoms with van der Waals surface area (Å²) < 4.78 is 0. The number of rotatable bonds is 3. The lowest BCUT2D eigenvalue weighted by Crippen LogP contribution is -2.48. The SMILES string of the molecule is CC(N)C(=O)NC1CCCC(N(C)C)C1.Cl. The molecule has 1 amide bonds. The molecule has 0 aromatic rings. The van der Waals surface area contributed by atoms with Crippen molar-refractivity contribution in [3.63, 3.8) is 0 Å². The molecule has 16 heavy (non-hydrogen) atoms. The van der Waals surface area contributed by atoms with Crippen molar-refractivity contribution in [3.05, 3.63) is 0 Å². The average Bonchev–Trinajstić information content (AvgIpc) is 2.18. The summed E-state index contributed by atoms with van der Waals surface area (Å²) >= 11 is 0. The maximum absolute atomic E-state index is 11.4. The summed E-state index contributed by atoms with van der Waals surface area (Å²) in [4.78, 5) is 13.7. The van der Waals surface area contributed by atoms with E-state index >= 15 is 0 Å². The summed E-state index contributed by atoms with van der Waals surface area (Å²) in [5, 5.41) is 3.01. The molecule has 3 N–H and O–H groups in total. The Morgan fingerprint density at radius 1 is 1.44 bits per heavy atom. The van der Waals surface area contributed by atoms with Crippen LogP contribution in [0.15, 0.2) is 0 Å². The quantitative estimate of drug-likeness (QED) is 0.776. The Morgan fingerprint density at radius 2 is 2.06 bits per heavy atom. The number of nitrogens with one attached hydrogen (secondary N) is 1. The molecule has 1 fully saturated rings. The first-order valence-electron chi connectivity index (χ1n) is 5.73. The first-order valence-corrected chi connectivity index (χ1v) is 5.73. The Kier molecular flexibility index (Phi) is 6.95. The van der Waals surface area contributed by atoms with Gasteiger partial charge in [-0.15, -0.1) is 12.4 Å². The molecule has 0 aromatic carbocycles. The van der Waals surface area contributed by atoms with E-state index in [4.69, 9.17) is 5.73 Å². The third-order valence-corrected chi connectivity index (χ3v) is 3.14. The van der Waals surface area contributed by atoms with Gasteiger partial charge in [-0.2, -0.15) is 0 Å². The number of carbonyl (C=O) groups excluding carboxylic acids is 1. The molecule has 1 aliphatic rings. The van der Waals surface area contributed by atoms with E-state index < -0.39 is 6.04 Å². The molecule has 0 heterocycles. The molecular formula is C11H24ClN3O. The fourth-order valence-electron chi connectivity index (χ4n) is 2.10. The van der Waals surface area contributed by atoms with Gasteiger partial charge in [0.25, 0.3) is 0 Å². The largest absolute Gasteiger partial charge is 0.352 e. The van der Waals surface area contributed by atoms with Gasteiger partial charge in [0.1, 0.15) is 0 Å². The molecular weight excluding hydrogens is 226 g/mol. The smallest absolute Gasteiger partial charge is 0.236 e. The van der Waals surface area contributed by atoms with Crippen LogP contribution in [0.3, 0.4) is 0 Å². The maximum atomic E-state index is 11.4. The lowest BCUT2D eigenvalue weighted by Gasteiger charge is -2.34. The van der Waals surface area contributed by atoms with Gasteiger partial charge in [0.05, 0.1) is 6.04 Å². The van der Waals surface area contributed by atoms with Crippen LogP contribution in [0.4, 0.5) is 0 Å². The van der Waals surface area contributed by atoms with Gasteiger partial charge in [-0.05, 0) is 46.7 Å². The number of carbonyl (C=O) groups is 1. The molecule has 3 atom stereocenters. The van der Waals surface area contributed by atoms with Crippen molar-refractivity contribution in [2.24, 2.45) is 5.73 Å². The normalized spacial score (nSPS) is 27.1. The number of hydrogen-bond acceptors (Lipinski definition) is 3. The van der Waals surface area contributed by atoms with E-state index in [2.05, 4.69) is 24.3 Å². The highest BCUT2D eigenvalue weighted by molar-refractivity contribution is 5.85. The zero-order valence-electron chi connectivity index (χ0n) is 10.4. The first-order chi connectivity index (χ1) is 7.00. The number of amides is 1. The van der Waals surface area contributed by atoms with E-state index in [1.165, 1.54) is 12.8 Å². The Balaban J connectivity index is 0.00000225. The monoisotopic (exact) mass is 249 g/mol. The van der Waals surface area contributed by atoms with Gasteiger partial charge in [0.2, 0.25) is 5.91 Å². The van der Waals surface area contributed by atoms with Crippen LogP contribution in [0, 0.1) is 0 Å². The number of nitrogens with zero attached hydrogens (tertiary/aromatic N) is 1. The average molecular weight is 250 g/mol. The first kappa shape index (κ1) is 15.7. The third kappa shape index (κ3) is 4.68. The Labute approximate surface area is 104 Å². The fourth-order valence-corrected chi connectivity index (χ4v) is 2.10. The second-order valence-corrected chi connectivity index (χ2v) is 4.78. The third-order valence-electron chi connectivity index (χ3n) is 3.14. The molecule has 0 radical (unpaired) electrons. The highest BCUT2D eigenvalue weighted by atomic mass is 35.5. The van der Waals surface area contributed by atoms with E-state index in [0.717, 1.165) is 12.8 Å². The molecule has 1 saturated carbocycles. The summed E-state index contributed by atoms with van der Waals surface area (Å²) in [6, 6.07) is 0.506. The predicted octanol–water partition coefficient (Wildman–Crippen LogP) is 0.744. The highest BCUT2D eigenvalue weighted by Gasteiger charge is 2.24. The summed E-state index contributed by atoms with van der Waals surface area (Å²) in [5.74, 6) is -0.0283. The second kappa shape index (κ2) is 7.09. The molecule has 0 saturated heterocycles. The zero-order chi connectivity index (χ0) is 11.4. The van der Waals surface area contributed by atoms with Crippen molar-refractivity contribution in [2.75, 3.05) is 14.1 Å². The van der Waals surface area contributed by atoms with Crippen molar-refractivity contribution >= 4 is 18.3 Å². The van der Waals surface area contributed by atoms with Crippen LogP contribution in [0.2, 0.25) is 0 Å². The summed E-state index contributed by atoms with van der Waals surface area (Å²) in [6.45, 7) is 1.72. The molecule has 0 bridgehead atoms. The summed E-state index contributed by atoms with van der Waals surface area (Å²) in [5.41, 5.74) is 5.53. The van der Waals surface area contributed by atoms with Crippen LogP contribution in [-0.2, 0) is 4.79 Å². The highest BCUT2D eigenvalue weighted by Crippen LogP contribution is 2.21. The van der Waals surface area contributed by atoms with E-state index in [1.54, 1.807) is 6.92 Å². The molecule has 5 heteroatoms. The van der Waals surface area contributed by atoms with Gasteiger partial charge in [-0.3, -0.25) is 4.79 Å². The van der Waals surface area contributed by atoms with Gasteiger partial charge < -0.3 is 16.0 Å². The van der Waals surface area contributed by atoms with Crippen LogP contribution in [-0.4, -0.2) is 43.0 Å². The molecule has 4 nitrogen and oxygen atoms in total. The molecule has 1 aliphatic carbocycles. The van der Waals surface area contributed by atoms with Gasteiger partial charge in [-0.1, -0.05) is 0 Å². The minimum atomic E-state index is -0.398. The second-order valence-electron chi connectivity index (χ2n) is 4.78. The molecule has 96 valence electrons. The molecule has 3 unspecified atom stereocenters. The van der Waals surface area contributed by atoms with Crippen molar-refractivity contribution in [2.45, 2.75) is 50.7 Å². The summed E-state index contributed by atoms with van der Waals surface area (Å²) in [7, 11) is 4.20. The van der Waals surface area contributed by atoms with Gasteiger partial charge >= 0.3 is 0 Å². The van der Waals surface area contributed by atoms with Gasteiger partial charge in [-0.25, -0.2) is 0 Å². The molecule has 0 spiro atoms. The minimum absolute atomic E-state index is 0. The van der Waals surface area contributed by atoms with Crippen LogP contribution in [0.1, 0.15) is 32.6 Å². The van der Waals surface area contributed by atoms with Crippen LogP contribution in [0.5, 0.6) is 0 Å². The van der Waals surface area contributed by atoms with E-state index in [0.29, 0.717) is 12.1 Å². The lowest BCUT2D eigenvalue weighted by molar-refractivity contribution is -0.123. The summed E-state index contributed by atoms with van der Waals surface area (Å²) in [6.07, 6.45) is 4.55. The topological polar surface area (TPSA) is 58.4 Å². The van der Waals surface area contributed by atoms with Crippen molar-refractivity contribution in [1.82, 2.24) is 10.2 Å². The Bertz CT molecular complexity index is 221. The van der Waals surface area contributed by atoms with Crippen molar-refractivity contribution in [3.8, 4) is 0 Å². The van der Waals surface area contributed by atoms with Crippen molar-refractivity contribution in [1.29, 1.82) is 0 Å². The van der Waals surface area contributed by atoms with Gasteiger partial charge in [0, 0.05) is 12.1 Å². The Hall–Kier alpha value is -0.320. The number of hydrogen-bond donors (Lipinski definition) is 2. The van der Waals surface area contributed by atoms with E-state index in [1.807, 2.05) is 0 Å². The maximum Gasteiger partial charge on any atom is 0.236 e. The van der Waals surface area contributed by atoms with Crippen LogP contribution < -0.4 is 11.1 Å². The fraction of sp³-hybridized carbons (Fsp3) is 0.909.